The van der Waals surface area contributed by atoms with Crippen LogP contribution in [-0.4, -0.2) is 33.8 Å². The second-order valence-corrected chi connectivity index (χ2v) is 8.98. The third-order valence-electron chi connectivity index (χ3n) is 4.23. The van der Waals surface area contributed by atoms with Crippen molar-refractivity contribution in [3.63, 3.8) is 0 Å². The van der Waals surface area contributed by atoms with Crippen molar-refractivity contribution in [3.05, 3.63) is 47.5 Å². The minimum atomic E-state index is -3.45. The van der Waals surface area contributed by atoms with Crippen molar-refractivity contribution in [2.24, 2.45) is 0 Å². The molecule has 2 N–H and O–H groups in total. The van der Waals surface area contributed by atoms with Crippen LogP contribution in [0.4, 0.5) is 11.4 Å². The number of carbonyl (C=O) groups excluding carboxylic acids is 1. The lowest BCUT2D eigenvalue weighted by molar-refractivity contribution is -0.122. The van der Waals surface area contributed by atoms with Crippen molar-refractivity contribution < 1.29 is 22.7 Å². The van der Waals surface area contributed by atoms with Crippen LogP contribution in [0.5, 0.6) is 11.5 Å². The Labute approximate surface area is 172 Å². The molecular weight excluding hydrogens is 392 g/mol. The van der Waals surface area contributed by atoms with Gasteiger partial charge in [-0.15, -0.1) is 0 Å². The number of amides is 1. The third kappa shape index (κ3) is 6.39. The Balaban J connectivity index is 2.15. The number of methoxy groups -OCH3 is 1. The molecule has 1 unspecified atom stereocenters. The maximum atomic E-state index is 12.6. The molecule has 0 fully saturated rings. The fraction of sp³-hybridized carbons (Fsp3) is 0.381. The summed E-state index contributed by atoms with van der Waals surface area (Å²) >= 11 is 0. The predicted molar refractivity (Wildman–Crippen MR) is 115 cm³/mol. The van der Waals surface area contributed by atoms with Crippen LogP contribution in [-0.2, 0) is 14.8 Å². The Morgan fingerprint density at radius 2 is 1.72 bits per heavy atom. The smallest absolute Gasteiger partial charge is 0.265 e. The van der Waals surface area contributed by atoms with Gasteiger partial charge in [-0.3, -0.25) is 9.52 Å². The second-order valence-electron chi connectivity index (χ2n) is 7.23. The number of hydrogen-bond acceptors (Lipinski definition) is 5. The normalized spacial score (nSPS) is 12.4. The number of hydrogen-bond donors (Lipinski definition) is 2. The van der Waals surface area contributed by atoms with E-state index in [1.165, 1.54) is 13.2 Å². The largest absolute Gasteiger partial charge is 0.494 e. The number of sulfonamides is 1. The lowest BCUT2D eigenvalue weighted by Gasteiger charge is -2.19. The molecule has 2 aromatic carbocycles. The van der Waals surface area contributed by atoms with E-state index in [1.807, 2.05) is 25.1 Å². The van der Waals surface area contributed by atoms with Gasteiger partial charge < -0.3 is 14.8 Å². The molecule has 0 aliphatic heterocycles. The average molecular weight is 421 g/mol. The zero-order valence-electron chi connectivity index (χ0n) is 17.6. The van der Waals surface area contributed by atoms with Gasteiger partial charge in [0.1, 0.15) is 11.5 Å². The summed E-state index contributed by atoms with van der Waals surface area (Å²) < 4.78 is 36.4. The summed E-state index contributed by atoms with van der Waals surface area (Å²) in [7, 11) is -2.02. The fourth-order valence-electron chi connectivity index (χ4n) is 2.76. The molecule has 1 atom stereocenters. The van der Waals surface area contributed by atoms with E-state index in [0.29, 0.717) is 22.9 Å². The Hall–Kier alpha value is -2.74. The standard InChI is InChI=1S/C21H28N2O5S/c1-13(2)17-9-7-14(3)11-19(17)28-15(4)21(24)22-16-8-10-18(20(12-16)27-5)23-29(6,25)26/h7-13,15,23H,1-6H3,(H,22,24). The van der Waals surface area contributed by atoms with Gasteiger partial charge in [-0.05, 0) is 49.1 Å². The van der Waals surface area contributed by atoms with Gasteiger partial charge in [0, 0.05) is 11.8 Å². The molecule has 0 bridgehead atoms. The van der Waals surface area contributed by atoms with Crippen LogP contribution in [0.25, 0.3) is 0 Å². The highest BCUT2D eigenvalue weighted by Gasteiger charge is 2.19. The molecule has 0 aliphatic carbocycles. The van der Waals surface area contributed by atoms with E-state index in [0.717, 1.165) is 17.4 Å². The van der Waals surface area contributed by atoms with Crippen LogP contribution in [0, 0.1) is 6.92 Å². The highest BCUT2D eigenvalue weighted by Crippen LogP contribution is 2.30. The second kappa shape index (κ2) is 9.17. The third-order valence-corrected chi connectivity index (χ3v) is 4.82. The molecule has 29 heavy (non-hydrogen) atoms. The van der Waals surface area contributed by atoms with Gasteiger partial charge in [-0.1, -0.05) is 26.0 Å². The van der Waals surface area contributed by atoms with Gasteiger partial charge in [-0.2, -0.15) is 0 Å². The zero-order valence-corrected chi connectivity index (χ0v) is 18.4. The Morgan fingerprint density at radius 3 is 2.31 bits per heavy atom. The Morgan fingerprint density at radius 1 is 1.03 bits per heavy atom. The topological polar surface area (TPSA) is 93.7 Å². The number of nitrogens with one attached hydrogen (secondary N) is 2. The van der Waals surface area contributed by atoms with E-state index in [1.54, 1.807) is 19.1 Å². The quantitative estimate of drug-likeness (QED) is 0.675. The first-order valence-corrected chi connectivity index (χ1v) is 11.1. The number of aryl methyl sites for hydroxylation is 1. The van der Waals surface area contributed by atoms with E-state index >= 15 is 0 Å². The zero-order chi connectivity index (χ0) is 21.8. The van der Waals surface area contributed by atoms with Crippen molar-refractivity contribution in [1.82, 2.24) is 0 Å². The highest BCUT2D eigenvalue weighted by molar-refractivity contribution is 7.92. The van der Waals surface area contributed by atoms with Gasteiger partial charge in [0.15, 0.2) is 6.10 Å². The summed E-state index contributed by atoms with van der Waals surface area (Å²) in [6, 6.07) is 10.6. The highest BCUT2D eigenvalue weighted by atomic mass is 32.2. The van der Waals surface area contributed by atoms with E-state index in [2.05, 4.69) is 23.9 Å². The van der Waals surface area contributed by atoms with Gasteiger partial charge in [0.25, 0.3) is 5.91 Å². The van der Waals surface area contributed by atoms with Crippen molar-refractivity contribution in [2.75, 3.05) is 23.4 Å². The van der Waals surface area contributed by atoms with Crippen molar-refractivity contribution in [1.29, 1.82) is 0 Å². The molecule has 0 saturated carbocycles. The summed E-state index contributed by atoms with van der Waals surface area (Å²) in [5.74, 6) is 0.919. The fourth-order valence-corrected chi connectivity index (χ4v) is 3.33. The number of carbonyl (C=O) groups is 1. The number of ether oxygens (including phenoxy) is 2. The van der Waals surface area contributed by atoms with E-state index in [-0.39, 0.29) is 11.8 Å². The minimum absolute atomic E-state index is 0.264. The molecule has 0 radical (unpaired) electrons. The monoisotopic (exact) mass is 420 g/mol. The van der Waals surface area contributed by atoms with Crippen LogP contribution in [0.1, 0.15) is 37.8 Å². The molecule has 2 rings (SSSR count). The molecular formula is C21H28N2O5S. The van der Waals surface area contributed by atoms with Crippen LogP contribution < -0.4 is 19.5 Å². The molecule has 7 nitrogen and oxygen atoms in total. The van der Waals surface area contributed by atoms with Gasteiger partial charge in [-0.25, -0.2) is 8.42 Å². The molecule has 158 valence electrons. The average Bonchev–Trinajstić information content (AvgIpc) is 2.61. The molecule has 8 heteroatoms. The maximum Gasteiger partial charge on any atom is 0.265 e. The molecule has 0 heterocycles. The first-order chi connectivity index (χ1) is 13.5. The van der Waals surface area contributed by atoms with E-state index in [9.17, 15) is 13.2 Å². The van der Waals surface area contributed by atoms with Crippen molar-refractivity contribution in [3.8, 4) is 11.5 Å². The summed E-state index contributed by atoms with van der Waals surface area (Å²) in [6.07, 6.45) is 0.326. The summed E-state index contributed by atoms with van der Waals surface area (Å²) in [5, 5.41) is 2.77. The predicted octanol–water partition coefficient (Wildman–Crippen LogP) is 3.90. The molecule has 2 aromatic rings. The first kappa shape index (κ1) is 22.5. The van der Waals surface area contributed by atoms with E-state index < -0.39 is 16.1 Å². The molecule has 0 aromatic heterocycles. The summed E-state index contributed by atoms with van der Waals surface area (Å²) in [4.78, 5) is 12.6. The number of benzene rings is 2. The SMILES string of the molecule is COc1cc(NC(=O)C(C)Oc2cc(C)ccc2C(C)C)ccc1NS(C)(=O)=O. The van der Waals surface area contributed by atoms with Gasteiger partial charge in [0.05, 0.1) is 19.1 Å². The van der Waals surface area contributed by atoms with Gasteiger partial charge >= 0.3 is 0 Å². The first-order valence-electron chi connectivity index (χ1n) is 9.24. The number of anilines is 2. The van der Waals surface area contributed by atoms with Crippen molar-refractivity contribution in [2.45, 2.75) is 39.7 Å². The van der Waals surface area contributed by atoms with Crippen LogP contribution >= 0.6 is 0 Å². The molecule has 0 spiro atoms. The summed E-state index contributed by atoms with van der Waals surface area (Å²) in [5.41, 5.74) is 2.84. The molecule has 1 amide bonds. The lowest BCUT2D eigenvalue weighted by atomic mass is 10.0. The van der Waals surface area contributed by atoms with Crippen molar-refractivity contribution >= 4 is 27.3 Å². The van der Waals surface area contributed by atoms with E-state index in [4.69, 9.17) is 9.47 Å². The van der Waals surface area contributed by atoms with Crippen LogP contribution in [0.15, 0.2) is 36.4 Å². The van der Waals surface area contributed by atoms with Crippen LogP contribution in [0.2, 0.25) is 0 Å². The summed E-state index contributed by atoms with van der Waals surface area (Å²) in [6.45, 7) is 7.79. The number of rotatable bonds is 8. The molecule has 0 saturated heterocycles. The Kier molecular flexibility index (Phi) is 7.13. The van der Waals surface area contributed by atoms with Crippen LogP contribution in [0.3, 0.4) is 0 Å². The minimum Gasteiger partial charge on any atom is -0.494 e. The Bertz CT molecular complexity index is 987. The van der Waals surface area contributed by atoms with Gasteiger partial charge in [0.2, 0.25) is 10.0 Å². The molecule has 0 aliphatic rings. The lowest BCUT2D eigenvalue weighted by Crippen LogP contribution is -2.30. The maximum absolute atomic E-state index is 12.6.